The summed E-state index contributed by atoms with van der Waals surface area (Å²) in [7, 11) is 1.29. The molecule has 2 amide bonds. The second-order valence-corrected chi connectivity index (χ2v) is 10.8. The van der Waals surface area contributed by atoms with E-state index in [0.717, 1.165) is 35.7 Å². The van der Waals surface area contributed by atoms with Crippen molar-refractivity contribution < 1.29 is 29.0 Å². The van der Waals surface area contributed by atoms with Crippen molar-refractivity contribution in [1.29, 1.82) is 0 Å². The Labute approximate surface area is 238 Å². The van der Waals surface area contributed by atoms with Crippen molar-refractivity contribution in [3.8, 4) is 0 Å². The Morgan fingerprint density at radius 2 is 1.78 bits per heavy atom. The van der Waals surface area contributed by atoms with Gasteiger partial charge in [0.2, 0.25) is 11.8 Å². The van der Waals surface area contributed by atoms with E-state index < -0.39 is 41.3 Å². The lowest BCUT2D eigenvalue weighted by molar-refractivity contribution is -0.151. The van der Waals surface area contributed by atoms with Gasteiger partial charge in [-0.3, -0.25) is 24.6 Å². The smallest absolute Gasteiger partial charge is 0.337 e. The number of hydrogen-bond acceptors (Lipinski definition) is 6. The maximum Gasteiger partial charge on any atom is 0.337 e. The molecule has 0 aliphatic carbocycles. The SMILES string of the molecule is CCCCC=CCCN1C(=O)C2C(c3ccc(C(=O)OC)cc3)NC(Cc3c[nH]c4ccccc34)(C(=O)O)C2C1=O. The van der Waals surface area contributed by atoms with Gasteiger partial charge in [0.05, 0.1) is 24.5 Å². The third-order valence-corrected chi connectivity index (χ3v) is 8.37. The number of allylic oxidation sites excluding steroid dienone is 1. The number of methoxy groups -OCH3 is 1. The van der Waals surface area contributed by atoms with Crippen LogP contribution in [0.15, 0.2) is 66.9 Å². The highest BCUT2D eigenvalue weighted by atomic mass is 16.5. The van der Waals surface area contributed by atoms with Crippen LogP contribution < -0.4 is 5.32 Å². The molecule has 41 heavy (non-hydrogen) atoms. The van der Waals surface area contributed by atoms with Crippen molar-refractivity contribution in [1.82, 2.24) is 15.2 Å². The molecule has 2 saturated heterocycles. The second kappa shape index (κ2) is 11.7. The summed E-state index contributed by atoms with van der Waals surface area (Å²) < 4.78 is 4.80. The lowest BCUT2D eigenvalue weighted by Gasteiger charge is -2.31. The summed E-state index contributed by atoms with van der Waals surface area (Å²) >= 11 is 0. The molecule has 2 fully saturated rings. The molecule has 9 nitrogen and oxygen atoms in total. The number of nitrogens with zero attached hydrogens (tertiary/aromatic N) is 1. The number of fused-ring (bicyclic) bond motifs is 2. The predicted molar refractivity (Wildman–Crippen MR) is 153 cm³/mol. The van der Waals surface area contributed by atoms with Gasteiger partial charge >= 0.3 is 11.9 Å². The molecule has 9 heteroatoms. The number of nitrogens with one attached hydrogen (secondary N) is 2. The van der Waals surface area contributed by atoms with Crippen LogP contribution >= 0.6 is 0 Å². The number of para-hydroxylation sites is 1. The average Bonchev–Trinajstić information content (AvgIpc) is 3.63. The first kappa shape index (κ1) is 28.3. The van der Waals surface area contributed by atoms with Gasteiger partial charge < -0.3 is 14.8 Å². The minimum Gasteiger partial charge on any atom is -0.480 e. The van der Waals surface area contributed by atoms with Crippen molar-refractivity contribution in [2.45, 2.75) is 50.6 Å². The van der Waals surface area contributed by atoms with Crippen LogP contribution in [0.5, 0.6) is 0 Å². The predicted octanol–water partition coefficient (Wildman–Crippen LogP) is 4.40. The van der Waals surface area contributed by atoms with E-state index in [-0.39, 0.29) is 18.9 Å². The number of unbranched alkanes of at least 4 members (excludes halogenated alkanes) is 2. The zero-order valence-corrected chi connectivity index (χ0v) is 23.3. The molecule has 0 spiro atoms. The molecule has 2 aromatic carbocycles. The van der Waals surface area contributed by atoms with Gasteiger partial charge in [0, 0.05) is 36.1 Å². The van der Waals surface area contributed by atoms with Crippen LogP contribution in [0.1, 0.15) is 60.1 Å². The van der Waals surface area contributed by atoms with E-state index in [1.165, 1.54) is 12.0 Å². The number of rotatable bonds is 11. The van der Waals surface area contributed by atoms with E-state index in [1.54, 1.807) is 30.5 Å². The summed E-state index contributed by atoms with van der Waals surface area (Å²) in [4.78, 5) is 57.4. The zero-order valence-electron chi connectivity index (χ0n) is 23.3. The number of esters is 1. The first-order chi connectivity index (χ1) is 19.8. The summed E-state index contributed by atoms with van der Waals surface area (Å²) in [5.41, 5.74) is 0.836. The lowest BCUT2D eigenvalue weighted by atomic mass is 9.76. The number of carbonyl (C=O) groups excluding carboxylic acids is 3. The number of H-pyrrole nitrogens is 1. The molecular weight excluding hydrogens is 522 g/mol. The normalized spacial score (nSPS) is 24.0. The lowest BCUT2D eigenvalue weighted by Crippen LogP contribution is -2.57. The number of ether oxygens (including phenoxy) is 1. The molecule has 3 N–H and O–H groups in total. The summed E-state index contributed by atoms with van der Waals surface area (Å²) in [5, 5.41) is 14.9. The molecule has 0 bridgehead atoms. The van der Waals surface area contributed by atoms with Crippen LogP contribution in [-0.4, -0.2) is 57.9 Å². The average molecular weight is 558 g/mol. The van der Waals surface area contributed by atoms with Gasteiger partial charge in [-0.15, -0.1) is 0 Å². The first-order valence-corrected chi connectivity index (χ1v) is 14.1. The highest BCUT2D eigenvalue weighted by Gasteiger charge is 2.68. The number of carboxylic acids is 1. The Balaban J connectivity index is 1.53. The molecule has 0 saturated carbocycles. The maximum absolute atomic E-state index is 13.9. The van der Waals surface area contributed by atoms with Crippen LogP contribution in [-0.2, 0) is 25.5 Å². The topological polar surface area (TPSA) is 129 Å². The minimum absolute atomic E-state index is 0.00797. The highest BCUT2D eigenvalue weighted by Crippen LogP contribution is 2.50. The Morgan fingerprint density at radius 1 is 1.05 bits per heavy atom. The number of aliphatic carboxylic acids is 1. The van der Waals surface area contributed by atoms with E-state index in [2.05, 4.69) is 23.3 Å². The largest absolute Gasteiger partial charge is 0.480 e. The van der Waals surface area contributed by atoms with Crippen LogP contribution in [0.4, 0.5) is 0 Å². The summed E-state index contributed by atoms with van der Waals surface area (Å²) in [5.74, 6) is -4.54. The maximum atomic E-state index is 13.9. The van der Waals surface area contributed by atoms with E-state index in [1.807, 2.05) is 30.3 Å². The number of aromatic amines is 1. The van der Waals surface area contributed by atoms with Crippen molar-refractivity contribution in [2.24, 2.45) is 11.8 Å². The summed E-state index contributed by atoms with van der Waals surface area (Å²) in [6.45, 7) is 2.32. The van der Waals surface area contributed by atoms with Gasteiger partial charge in [0.1, 0.15) is 5.54 Å². The number of likely N-dealkylation sites (tertiary alicyclic amines) is 1. The molecule has 1 aromatic heterocycles. The van der Waals surface area contributed by atoms with Gasteiger partial charge in [0.15, 0.2) is 0 Å². The van der Waals surface area contributed by atoms with Gasteiger partial charge in [-0.05, 0) is 42.2 Å². The monoisotopic (exact) mass is 557 g/mol. The Kier molecular flexibility index (Phi) is 8.08. The third kappa shape index (κ3) is 5.06. The Bertz CT molecular complexity index is 1490. The van der Waals surface area contributed by atoms with Crippen LogP contribution in [0.25, 0.3) is 10.9 Å². The standard InChI is InChI=1S/C32H35N3O6/c1-3-4-5-6-7-10-17-35-28(36)25-26(29(35)37)32(31(39)40,18-22-19-33-24-12-9-8-11-23(22)24)34-27(25)20-13-15-21(16-14-20)30(38)41-2/h6-9,11-16,19,25-27,33-34H,3-5,10,17-18H2,1-2H3,(H,39,40). The number of aromatic nitrogens is 1. The number of carboxylic acid groups (broad SMARTS) is 1. The zero-order chi connectivity index (χ0) is 29.1. The van der Waals surface area contributed by atoms with E-state index >= 15 is 0 Å². The molecule has 2 aliphatic rings. The Morgan fingerprint density at radius 3 is 2.49 bits per heavy atom. The van der Waals surface area contributed by atoms with Crippen molar-refractivity contribution in [2.75, 3.05) is 13.7 Å². The molecular formula is C32H35N3O6. The fraction of sp³-hybridized carbons (Fsp3) is 0.375. The van der Waals surface area contributed by atoms with Crippen LogP contribution in [0, 0.1) is 11.8 Å². The molecule has 0 radical (unpaired) electrons. The van der Waals surface area contributed by atoms with E-state index in [4.69, 9.17) is 4.74 Å². The molecule has 2 aliphatic heterocycles. The fourth-order valence-electron chi connectivity index (χ4n) is 6.29. The number of carbonyl (C=O) groups is 4. The molecule has 3 heterocycles. The van der Waals surface area contributed by atoms with Crippen molar-refractivity contribution in [3.63, 3.8) is 0 Å². The molecule has 4 atom stereocenters. The number of amides is 2. The summed E-state index contributed by atoms with van der Waals surface area (Å²) in [6.07, 6.45) is 9.40. The summed E-state index contributed by atoms with van der Waals surface area (Å²) in [6, 6.07) is 13.4. The fourth-order valence-corrected chi connectivity index (χ4v) is 6.29. The molecule has 4 unspecified atom stereocenters. The highest BCUT2D eigenvalue weighted by molar-refractivity contribution is 6.09. The van der Waals surface area contributed by atoms with Gasteiger partial charge in [-0.1, -0.05) is 62.2 Å². The van der Waals surface area contributed by atoms with E-state index in [9.17, 15) is 24.3 Å². The van der Waals surface area contributed by atoms with Gasteiger partial charge in [0.25, 0.3) is 0 Å². The van der Waals surface area contributed by atoms with E-state index in [0.29, 0.717) is 17.5 Å². The molecule has 5 rings (SSSR count). The quantitative estimate of drug-likeness (QED) is 0.138. The van der Waals surface area contributed by atoms with Crippen LogP contribution in [0.2, 0.25) is 0 Å². The Hall–Kier alpha value is -4.24. The second-order valence-electron chi connectivity index (χ2n) is 10.8. The van der Waals surface area contributed by atoms with Crippen LogP contribution in [0.3, 0.4) is 0 Å². The van der Waals surface area contributed by atoms with Crippen molar-refractivity contribution >= 4 is 34.7 Å². The first-order valence-electron chi connectivity index (χ1n) is 14.1. The number of imide groups is 1. The number of benzene rings is 2. The number of hydrogen-bond donors (Lipinski definition) is 3. The minimum atomic E-state index is -1.72. The van der Waals surface area contributed by atoms with Gasteiger partial charge in [-0.25, -0.2) is 4.79 Å². The molecule has 3 aromatic rings. The van der Waals surface area contributed by atoms with Crippen molar-refractivity contribution in [3.05, 3.63) is 83.6 Å². The van der Waals surface area contributed by atoms with Gasteiger partial charge in [-0.2, -0.15) is 0 Å². The molecule has 214 valence electrons. The third-order valence-electron chi connectivity index (χ3n) is 8.37.